The molecule has 1 aromatic heterocycles. The molecule has 0 radical (unpaired) electrons. The summed E-state index contributed by atoms with van der Waals surface area (Å²) in [7, 11) is 0. The first-order valence-corrected chi connectivity index (χ1v) is 6.22. The van der Waals surface area contributed by atoms with Gasteiger partial charge in [0.15, 0.2) is 0 Å². The molecule has 0 saturated carbocycles. The van der Waals surface area contributed by atoms with Crippen molar-refractivity contribution in [3.05, 3.63) is 57.8 Å². The quantitative estimate of drug-likeness (QED) is 0.908. The molecule has 2 rings (SSSR count). The van der Waals surface area contributed by atoms with E-state index in [1.54, 1.807) is 30.6 Å². The van der Waals surface area contributed by atoms with Gasteiger partial charge >= 0.3 is 0 Å². The fraction of sp³-hybridized carbons (Fsp3) is 0.154. The van der Waals surface area contributed by atoms with Gasteiger partial charge in [-0.3, -0.25) is 4.98 Å². The van der Waals surface area contributed by atoms with Crippen LogP contribution in [0.4, 0.5) is 5.69 Å². The van der Waals surface area contributed by atoms with E-state index in [-0.39, 0.29) is 6.04 Å². The number of nitrogen functional groups attached to an aromatic ring is 1. The van der Waals surface area contributed by atoms with E-state index in [9.17, 15) is 0 Å². The molecule has 0 amide bonds. The largest absolute Gasteiger partial charge is 0.398 e. The lowest BCUT2D eigenvalue weighted by Crippen LogP contribution is -2.15. The molecule has 0 fully saturated rings. The molecular formula is C13H13Cl2N3. The van der Waals surface area contributed by atoms with Gasteiger partial charge in [-0.25, -0.2) is 0 Å². The van der Waals surface area contributed by atoms with Gasteiger partial charge in [0.2, 0.25) is 0 Å². The molecule has 0 saturated heterocycles. The lowest BCUT2D eigenvalue weighted by Gasteiger charge is -2.14. The number of hydrogen-bond acceptors (Lipinski definition) is 3. The molecule has 0 aliphatic heterocycles. The number of anilines is 1. The lowest BCUT2D eigenvalue weighted by molar-refractivity contribution is 0.720. The second-order valence-corrected chi connectivity index (χ2v) is 4.89. The molecule has 1 aromatic carbocycles. The second kappa shape index (κ2) is 5.57. The number of rotatable bonds is 3. The van der Waals surface area contributed by atoms with Gasteiger partial charge in [-0.1, -0.05) is 29.3 Å². The molecule has 1 heterocycles. The van der Waals surface area contributed by atoms with Crippen LogP contribution < -0.4 is 11.5 Å². The maximum atomic E-state index is 6.12. The summed E-state index contributed by atoms with van der Waals surface area (Å²) in [6.45, 7) is 0. The van der Waals surface area contributed by atoms with Crippen LogP contribution in [-0.4, -0.2) is 4.98 Å². The van der Waals surface area contributed by atoms with Crippen molar-refractivity contribution in [2.75, 3.05) is 5.73 Å². The third-order valence-corrected chi connectivity index (χ3v) is 3.33. The average molecular weight is 282 g/mol. The van der Waals surface area contributed by atoms with Crippen molar-refractivity contribution in [3.8, 4) is 0 Å². The summed E-state index contributed by atoms with van der Waals surface area (Å²) in [4.78, 5) is 4.03. The van der Waals surface area contributed by atoms with E-state index in [0.29, 0.717) is 22.2 Å². The first kappa shape index (κ1) is 13.1. The fourth-order valence-corrected chi connectivity index (χ4v) is 2.25. The summed E-state index contributed by atoms with van der Waals surface area (Å²) in [5.74, 6) is 0. The molecule has 0 bridgehead atoms. The Balaban J connectivity index is 2.21. The molecule has 3 nitrogen and oxygen atoms in total. The van der Waals surface area contributed by atoms with Crippen LogP contribution in [0.15, 0.2) is 36.7 Å². The molecule has 1 unspecified atom stereocenters. The van der Waals surface area contributed by atoms with Crippen LogP contribution in [0.2, 0.25) is 10.0 Å². The van der Waals surface area contributed by atoms with Crippen LogP contribution in [0.25, 0.3) is 0 Å². The van der Waals surface area contributed by atoms with E-state index < -0.39 is 0 Å². The van der Waals surface area contributed by atoms with Gasteiger partial charge in [-0.05, 0) is 30.2 Å². The third-order valence-electron chi connectivity index (χ3n) is 2.74. The van der Waals surface area contributed by atoms with Crippen molar-refractivity contribution < 1.29 is 0 Å². The van der Waals surface area contributed by atoms with Gasteiger partial charge in [0.25, 0.3) is 0 Å². The highest BCUT2D eigenvalue weighted by Gasteiger charge is 2.12. The van der Waals surface area contributed by atoms with Gasteiger partial charge in [-0.15, -0.1) is 0 Å². The van der Waals surface area contributed by atoms with Crippen LogP contribution in [0.3, 0.4) is 0 Å². The Bertz CT molecular complexity index is 558. The normalized spacial score (nSPS) is 12.4. The highest BCUT2D eigenvalue weighted by Crippen LogP contribution is 2.26. The predicted molar refractivity (Wildman–Crippen MR) is 75.7 cm³/mol. The molecule has 94 valence electrons. The van der Waals surface area contributed by atoms with Crippen molar-refractivity contribution in [3.63, 3.8) is 0 Å². The van der Waals surface area contributed by atoms with Crippen molar-refractivity contribution in [1.82, 2.24) is 4.98 Å². The van der Waals surface area contributed by atoms with Gasteiger partial charge in [-0.2, -0.15) is 0 Å². The number of benzene rings is 1. The minimum atomic E-state index is -0.239. The van der Waals surface area contributed by atoms with Gasteiger partial charge in [0.05, 0.1) is 0 Å². The number of hydrogen-bond donors (Lipinski definition) is 2. The highest BCUT2D eigenvalue weighted by molar-refractivity contribution is 6.35. The summed E-state index contributed by atoms with van der Waals surface area (Å²) in [6, 6.07) is 6.87. The highest BCUT2D eigenvalue weighted by atomic mass is 35.5. The van der Waals surface area contributed by atoms with E-state index in [4.69, 9.17) is 34.7 Å². The summed E-state index contributed by atoms with van der Waals surface area (Å²) < 4.78 is 0. The van der Waals surface area contributed by atoms with E-state index in [1.807, 2.05) is 6.07 Å². The van der Waals surface area contributed by atoms with Crippen LogP contribution in [0, 0.1) is 0 Å². The lowest BCUT2D eigenvalue weighted by atomic mass is 10.00. The van der Waals surface area contributed by atoms with Crippen LogP contribution >= 0.6 is 23.2 Å². The molecule has 5 heteroatoms. The Morgan fingerprint density at radius 3 is 2.67 bits per heavy atom. The first-order valence-electron chi connectivity index (χ1n) is 5.47. The van der Waals surface area contributed by atoms with Gasteiger partial charge in [0, 0.05) is 39.7 Å². The van der Waals surface area contributed by atoms with Crippen LogP contribution in [0.1, 0.15) is 17.2 Å². The zero-order chi connectivity index (χ0) is 13.1. The van der Waals surface area contributed by atoms with Crippen molar-refractivity contribution in [2.24, 2.45) is 5.73 Å². The minimum Gasteiger partial charge on any atom is -0.398 e. The molecule has 18 heavy (non-hydrogen) atoms. The van der Waals surface area contributed by atoms with Gasteiger partial charge in [0.1, 0.15) is 0 Å². The van der Waals surface area contributed by atoms with Crippen molar-refractivity contribution >= 4 is 28.9 Å². The summed E-state index contributed by atoms with van der Waals surface area (Å²) >= 11 is 12.0. The third kappa shape index (κ3) is 2.93. The van der Waals surface area contributed by atoms with E-state index in [0.717, 1.165) is 11.1 Å². The predicted octanol–water partition coefficient (Wildman–Crippen LogP) is 3.21. The van der Waals surface area contributed by atoms with E-state index in [2.05, 4.69) is 4.98 Å². The Kier molecular flexibility index (Phi) is 4.07. The Morgan fingerprint density at radius 1 is 1.22 bits per heavy atom. The van der Waals surface area contributed by atoms with Crippen molar-refractivity contribution in [1.29, 1.82) is 0 Å². The zero-order valence-corrected chi connectivity index (χ0v) is 11.1. The Morgan fingerprint density at radius 2 is 2.00 bits per heavy atom. The first-order chi connectivity index (χ1) is 8.58. The number of aromatic nitrogens is 1. The number of halogens is 2. The second-order valence-electron chi connectivity index (χ2n) is 4.05. The zero-order valence-electron chi connectivity index (χ0n) is 9.61. The van der Waals surface area contributed by atoms with E-state index >= 15 is 0 Å². The Hall–Kier alpha value is -1.29. The summed E-state index contributed by atoms with van der Waals surface area (Å²) in [5, 5.41) is 1.22. The number of nitrogens with zero attached hydrogens (tertiary/aromatic N) is 1. The summed E-state index contributed by atoms with van der Waals surface area (Å²) in [5.41, 5.74) is 14.4. The number of nitrogens with two attached hydrogens (primary N) is 2. The van der Waals surface area contributed by atoms with Gasteiger partial charge < -0.3 is 11.5 Å². The monoisotopic (exact) mass is 281 g/mol. The number of pyridine rings is 1. The molecule has 1 atom stereocenters. The smallest absolute Gasteiger partial charge is 0.0453 e. The topological polar surface area (TPSA) is 64.9 Å². The SMILES string of the molecule is Nc1ccncc1C(N)Cc1ccc(Cl)cc1Cl. The maximum Gasteiger partial charge on any atom is 0.0453 e. The van der Waals surface area contributed by atoms with Crippen LogP contribution in [-0.2, 0) is 6.42 Å². The standard InChI is InChI=1S/C13H13Cl2N3/c14-9-2-1-8(11(15)6-9)5-13(17)10-7-18-4-3-12(10)16/h1-4,6-7,13H,5,17H2,(H2,16,18). The summed E-state index contributed by atoms with van der Waals surface area (Å²) in [6.07, 6.45) is 3.91. The fourth-order valence-electron chi connectivity index (χ4n) is 1.76. The van der Waals surface area contributed by atoms with Crippen molar-refractivity contribution in [2.45, 2.75) is 12.5 Å². The molecule has 0 aliphatic carbocycles. The maximum absolute atomic E-state index is 6.12. The van der Waals surface area contributed by atoms with Crippen LogP contribution in [0.5, 0.6) is 0 Å². The molecule has 0 spiro atoms. The molecule has 2 aromatic rings. The molecule has 4 N–H and O–H groups in total. The Labute approximate surface area is 116 Å². The average Bonchev–Trinajstić information content (AvgIpc) is 2.33. The molecule has 0 aliphatic rings. The molecular weight excluding hydrogens is 269 g/mol. The minimum absolute atomic E-state index is 0.239. The van der Waals surface area contributed by atoms with E-state index in [1.165, 1.54) is 0 Å².